The summed E-state index contributed by atoms with van der Waals surface area (Å²) in [6.45, 7) is 12.8. The minimum Gasteiger partial charge on any atom is -0.476 e. The quantitative estimate of drug-likeness (QED) is 0.438. The van der Waals surface area contributed by atoms with Gasteiger partial charge in [0.15, 0.2) is 0 Å². The Labute approximate surface area is 254 Å². The first-order valence-corrected chi connectivity index (χ1v) is 16.6. The van der Waals surface area contributed by atoms with Crippen molar-refractivity contribution >= 4 is 21.9 Å². The number of anilines is 1. The van der Waals surface area contributed by atoms with Crippen molar-refractivity contribution < 1.29 is 17.9 Å². The predicted molar refractivity (Wildman–Crippen MR) is 166 cm³/mol. The summed E-state index contributed by atoms with van der Waals surface area (Å²) in [5.74, 6) is 0.889. The fourth-order valence-corrected chi connectivity index (χ4v) is 8.11. The molecule has 0 radical (unpaired) electrons. The first kappa shape index (κ1) is 29.6. The molecular formula is C33H41N5O4S. The van der Waals surface area contributed by atoms with Crippen LogP contribution in [-0.2, 0) is 21.4 Å². The second kappa shape index (κ2) is 11.2. The van der Waals surface area contributed by atoms with Crippen molar-refractivity contribution in [2.75, 3.05) is 24.4 Å². The number of hydrogen-bond donors (Lipinski definition) is 1. The van der Waals surface area contributed by atoms with E-state index >= 15 is 0 Å². The summed E-state index contributed by atoms with van der Waals surface area (Å²) in [7, 11) is -3.95. The lowest BCUT2D eigenvalue weighted by Crippen LogP contribution is -2.68. The van der Waals surface area contributed by atoms with E-state index in [1.807, 2.05) is 49.1 Å². The van der Waals surface area contributed by atoms with Gasteiger partial charge in [0.25, 0.3) is 10.0 Å². The fourth-order valence-electron chi connectivity index (χ4n) is 7.09. The summed E-state index contributed by atoms with van der Waals surface area (Å²) < 4.78 is 36.2. The maximum atomic E-state index is 13.6. The molecule has 228 valence electrons. The van der Waals surface area contributed by atoms with E-state index in [1.165, 1.54) is 0 Å². The van der Waals surface area contributed by atoms with Crippen molar-refractivity contribution in [1.82, 2.24) is 19.8 Å². The average molecular weight is 604 g/mol. The van der Waals surface area contributed by atoms with Crippen molar-refractivity contribution in [3.8, 4) is 17.1 Å². The Hall–Kier alpha value is -3.50. The highest BCUT2D eigenvalue weighted by Gasteiger charge is 2.55. The third-order valence-electron chi connectivity index (χ3n) is 9.18. The van der Waals surface area contributed by atoms with Gasteiger partial charge in [0.05, 0.1) is 10.6 Å². The third kappa shape index (κ3) is 5.99. The molecule has 2 aliphatic heterocycles. The molecule has 1 aliphatic carbocycles. The SMILES string of the molecule is CC(=O)N1CC2(CC(N3Cc4cccc(c4)S(=O)(=O)Nc4nc(cc(-c5c(C)cccc5C)n4)OC[C@H]3CC(C)C)C2)C1. The largest absolute Gasteiger partial charge is 0.476 e. The smallest absolute Gasteiger partial charge is 0.264 e. The topological polar surface area (TPSA) is 105 Å². The van der Waals surface area contributed by atoms with Crippen LogP contribution in [0.3, 0.4) is 0 Å². The molecule has 0 unspecified atom stereocenters. The van der Waals surface area contributed by atoms with Crippen molar-refractivity contribution in [1.29, 1.82) is 0 Å². The van der Waals surface area contributed by atoms with Crippen LogP contribution in [0.15, 0.2) is 53.4 Å². The van der Waals surface area contributed by atoms with Crippen molar-refractivity contribution in [2.24, 2.45) is 11.3 Å². The molecule has 1 aromatic heterocycles. The Balaban J connectivity index is 1.39. The van der Waals surface area contributed by atoms with Crippen LogP contribution in [0, 0.1) is 25.2 Å². The molecule has 43 heavy (non-hydrogen) atoms. The van der Waals surface area contributed by atoms with Gasteiger partial charge >= 0.3 is 0 Å². The number of likely N-dealkylation sites (tertiary alicyclic amines) is 1. The molecule has 9 nitrogen and oxygen atoms in total. The van der Waals surface area contributed by atoms with Crippen LogP contribution >= 0.6 is 0 Å². The monoisotopic (exact) mass is 603 g/mol. The summed E-state index contributed by atoms with van der Waals surface area (Å²) >= 11 is 0. The molecule has 10 heteroatoms. The molecule has 2 aromatic carbocycles. The lowest BCUT2D eigenvalue weighted by molar-refractivity contribution is -0.158. The number of nitrogens with zero attached hydrogens (tertiary/aromatic N) is 4. The minimum absolute atomic E-state index is 0.0157. The minimum atomic E-state index is -3.95. The maximum absolute atomic E-state index is 13.6. The molecule has 1 N–H and O–H groups in total. The second-order valence-electron chi connectivity index (χ2n) is 13.1. The summed E-state index contributed by atoms with van der Waals surface area (Å²) in [6.07, 6.45) is 2.94. The van der Waals surface area contributed by atoms with Gasteiger partial charge in [-0.1, -0.05) is 44.2 Å². The van der Waals surface area contributed by atoms with Crippen LogP contribution in [0.4, 0.5) is 5.95 Å². The van der Waals surface area contributed by atoms with E-state index in [2.05, 4.69) is 33.4 Å². The molecule has 1 spiro atoms. The van der Waals surface area contributed by atoms with Gasteiger partial charge in [0.1, 0.15) is 6.61 Å². The number of sulfonamides is 1. The van der Waals surface area contributed by atoms with E-state index in [-0.39, 0.29) is 28.2 Å². The lowest BCUT2D eigenvalue weighted by Gasteiger charge is -2.61. The van der Waals surface area contributed by atoms with E-state index < -0.39 is 10.0 Å². The van der Waals surface area contributed by atoms with Gasteiger partial charge in [-0.3, -0.25) is 9.69 Å². The van der Waals surface area contributed by atoms with E-state index in [9.17, 15) is 13.2 Å². The van der Waals surface area contributed by atoms with Gasteiger partial charge in [0, 0.05) is 55.7 Å². The van der Waals surface area contributed by atoms with Crippen LogP contribution in [0.2, 0.25) is 0 Å². The first-order chi connectivity index (χ1) is 20.4. The van der Waals surface area contributed by atoms with Crippen molar-refractivity contribution in [3.63, 3.8) is 0 Å². The van der Waals surface area contributed by atoms with Gasteiger partial charge in [-0.05, 0) is 67.9 Å². The number of aromatic nitrogens is 2. The Morgan fingerprint density at radius 3 is 2.44 bits per heavy atom. The van der Waals surface area contributed by atoms with Crippen LogP contribution in [0.5, 0.6) is 5.88 Å². The Morgan fingerprint density at radius 2 is 1.77 bits per heavy atom. The third-order valence-corrected chi connectivity index (χ3v) is 10.5. The molecule has 3 aromatic rings. The summed E-state index contributed by atoms with van der Waals surface area (Å²) in [4.78, 5) is 25.6. The summed E-state index contributed by atoms with van der Waals surface area (Å²) in [5, 5.41) is 0. The number of carbonyl (C=O) groups is 1. The average Bonchev–Trinajstić information content (AvgIpc) is 2.88. The van der Waals surface area contributed by atoms with Gasteiger partial charge in [-0.15, -0.1) is 0 Å². The Kier molecular flexibility index (Phi) is 7.71. The molecule has 1 amide bonds. The van der Waals surface area contributed by atoms with Crippen LogP contribution in [0.1, 0.15) is 56.7 Å². The molecule has 3 heterocycles. The molecule has 1 saturated carbocycles. The molecule has 1 atom stereocenters. The van der Waals surface area contributed by atoms with E-state index in [0.29, 0.717) is 36.7 Å². The van der Waals surface area contributed by atoms with Crippen LogP contribution in [-0.4, -0.2) is 65.9 Å². The maximum Gasteiger partial charge on any atom is 0.264 e. The van der Waals surface area contributed by atoms with Crippen molar-refractivity contribution in [3.05, 3.63) is 65.2 Å². The van der Waals surface area contributed by atoms with Gasteiger partial charge in [0.2, 0.25) is 17.7 Å². The molecule has 1 saturated heterocycles. The number of amides is 1. The number of hydrogen-bond acceptors (Lipinski definition) is 7. The van der Waals surface area contributed by atoms with Crippen LogP contribution in [0.25, 0.3) is 11.3 Å². The normalized spacial score (nSPS) is 21.4. The standard InChI is InChI=1S/C33H41N5O4S/c1-21(2)12-26-18-42-30-14-29(31-22(3)8-6-9-23(31)4)34-32(35-30)36-43(40,41)28-11-7-10-25(13-28)17-38(26)27-15-33(16-27)19-37(20-33)24(5)39/h6-11,13-14,21,26-27H,12,15-20H2,1-5H3,(H,34,35,36)/t26-/m1/s1. The molecule has 2 fully saturated rings. The number of benzene rings is 2. The number of aryl methyl sites for hydroxylation is 2. The zero-order valence-corrected chi connectivity index (χ0v) is 26.4. The zero-order chi connectivity index (χ0) is 30.5. The predicted octanol–water partition coefficient (Wildman–Crippen LogP) is 5.18. The molecule has 3 aliphatic rings. The van der Waals surface area contributed by atoms with Crippen molar-refractivity contribution in [2.45, 2.75) is 77.4 Å². The molecule has 6 rings (SSSR count). The number of carbonyl (C=O) groups excluding carboxylic acids is 1. The lowest BCUT2D eigenvalue weighted by atomic mass is 9.60. The van der Waals surface area contributed by atoms with Crippen LogP contribution < -0.4 is 9.46 Å². The zero-order valence-electron chi connectivity index (χ0n) is 25.6. The highest BCUT2D eigenvalue weighted by Crippen LogP contribution is 2.51. The highest BCUT2D eigenvalue weighted by atomic mass is 32.2. The van der Waals surface area contributed by atoms with E-state index in [0.717, 1.165) is 54.6 Å². The highest BCUT2D eigenvalue weighted by molar-refractivity contribution is 7.92. The van der Waals surface area contributed by atoms with E-state index in [1.54, 1.807) is 25.1 Å². The number of ether oxygens (including phenoxy) is 1. The fraction of sp³-hybridized carbons (Fsp3) is 0.485. The summed E-state index contributed by atoms with van der Waals surface area (Å²) in [5.41, 5.74) is 4.73. The van der Waals surface area contributed by atoms with Gasteiger partial charge in [-0.25, -0.2) is 18.1 Å². The number of rotatable bonds is 4. The van der Waals surface area contributed by atoms with Gasteiger partial charge in [-0.2, -0.15) is 4.98 Å². The van der Waals surface area contributed by atoms with E-state index in [4.69, 9.17) is 4.74 Å². The number of nitrogens with one attached hydrogen (secondary N) is 1. The molecular weight excluding hydrogens is 562 g/mol. The van der Waals surface area contributed by atoms with Gasteiger partial charge < -0.3 is 9.64 Å². The Morgan fingerprint density at radius 1 is 1.07 bits per heavy atom. The summed E-state index contributed by atoms with van der Waals surface area (Å²) in [6, 6.07) is 15.4. The Bertz CT molecular complexity index is 1620. The second-order valence-corrected chi connectivity index (χ2v) is 14.8. The number of fused-ring (bicyclic) bond motifs is 4. The first-order valence-electron chi connectivity index (χ1n) is 15.1. The molecule has 4 bridgehead atoms.